The molecule has 0 spiro atoms. The van der Waals surface area contributed by atoms with Gasteiger partial charge in [0, 0.05) is 31.9 Å². The first-order chi connectivity index (χ1) is 9.28. The van der Waals surface area contributed by atoms with Crippen LogP contribution < -0.4 is 10.2 Å². The van der Waals surface area contributed by atoms with Crippen molar-refractivity contribution in [1.29, 1.82) is 0 Å². The number of hydrogen-bond acceptors (Lipinski definition) is 4. The molecule has 1 atom stereocenters. The van der Waals surface area contributed by atoms with E-state index in [2.05, 4.69) is 46.1 Å². The summed E-state index contributed by atoms with van der Waals surface area (Å²) in [7, 11) is 1.98. The molecule has 0 aliphatic carbocycles. The molecule has 0 radical (unpaired) electrons. The van der Waals surface area contributed by atoms with Crippen LogP contribution in [0.5, 0.6) is 0 Å². The smallest absolute Gasteiger partial charge is 0.128 e. The van der Waals surface area contributed by atoms with Gasteiger partial charge in [-0.1, -0.05) is 13.8 Å². The van der Waals surface area contributed by atoms with Crippen LogP contribution in [0.3, 0.4) is 0 Å². The summed E-state index contributed by atoms with van der Waals surface area (Å²) >= 11 is 0. The number of hydrogen-bond donors (Lipinski definition) is 1. The number of rotatable bonds is 6. The van der Waals surface area contributed by atoms with Gasteiger partial charge >= 0.3 is 0 Å². The lowest BCUT2D eigenvalue weighted by Crippen LogP contribution is -2.37. The maximum Gasteiger partial charge on any atom is 0.128 e. The van der Waals surface area contributed by atoms with E-state index in [1.54, 1.807) is 0 Å². The Morgan fingerprint density at radius 2 is 2.21 bits per heavy atom. The first kappa shape index (κ1) is 14.3. The maximum absolute atomic E-state index is 4.53. The van der Waals surface area contributed by atoms with E-state index in [1.807, 2.05) is 13.2 Å². The van der Waals surface area contributed by atoms with E-state index >= 15 is 0 Å². The van der Waals surface area contributed by atoms with Gasteiger partial charge < -0.3 is 10.2 Å². The molecule has 0 aromatic carbocycles. The average Bonchev–Trinajstić information content (AvgIpc) is 2.91. The van der Waals surface area contributed by atoms with E-state index in [0.717, 1.165) is 38.5 Å². The molecule has 1 aliphatic rings. The minimum Gasteiger partial charge on any atom is -0.355 e. The number of aromatic nitrogens is 1. The third-order valence-corrected chi connectivity index (χ3v) is 4.01. The van der Waals surface area contributed by atoms with E-state index in [0.29, 0.717) is 6.04 Å². The van der Waals surface area contributed by atoms with E-state index in [4.69, 9.17) is 0 Å². The van der Waals surface area contributed by atoms with E-state index < -0.39 is 0 Å². The summed E-state index contributed by atoms with van der Waals surface area (Å²) in [5.41, 5.74) is 1.30. The van der Waals surface area contributed by atoms with Crippen molar-refractivity contribution < 1.29 is 0 Å². The molecule has 1 fully saturated rings. The zero-order chi connectivity index (χ0) is 13.7. The fourth-order valence-corrected chi connectivity index (χ4v) is 2.94. The fourth-order valence-electron chi connectivity index (χ4n) is 2.94. The standard InChI is InChI=1S/C15H26N4/c1-4-18(5-2)14-7-9-19(12-14)15-10-13(11-16-3)6-8-17-15/h6,8,10,14,16H,4-5,7,9,11-12H2,1-3H3. The molecule has 1 aromatic rings. The van der Waals surface area contributed by atoms with Crippen molar-refractivity contribution in [2.45, 2.75) is 32.9 Å². The van der Waals surface area contributed by atoms with E-state index in [1.165, 1.54) is 12.0 Å². The Bertz CT molecular complexity index is 389. The number of anilines is 1. The van der Waals surface area contributed by atoms with Crippen LogP contribution in [0.1, 0.15) is 25.8 Å². The Labute approximate surface area is 116 Å². The Balaban J connectivity index is 2.02. The maximum atomic E-state index is 4.53. The summed E-state index contributed by atoms with van der Waals surface area (Å²) < 4.78 is 0. The molecule has 2 heterocycles. The molecule has 1 saturated heterocycles. The predicted molar refractivity (Wildman–Crippen MR) is 80.5 cm³/mol. The van der Waals surface area contributed by atoms with Gasteiger partial charge in [0.05, 0.1) is 0 Å². The van der Waals surface area contributed by atoms with Gasteiger partial charge in [-0.05, 0) is 44.3 Å². The molecule has 2 rings (SSSR count). The molecule has 106 valence electrons. The molecule has 4 heteroatoms. The van der Waals surface area contributed by atoms with Gasteiger partial charge in [0.25, 0.3) is 0 Å². The molecule has 1 N–H and O–H groups in total. The molecular formula is C15H26N4. The summed E-state index contributed by atoms with van der Waals surface area (Å²) in [6, 6.07) is 4.98. The fraction of sp³-hybridized carbons (Fsp3) is 0.667. The molecule has 1 unspecified atom stereocenters. The predicted octanol–water partition coefficient (Wildman–Crippen LogP) is 1.72. The lowest BCUT2D eigenvalue weighted by Gasteiger charge is -2.26. The molecule has 0 saturated carbocycles. The molecule has 4 nitrogen and oxygen atoms in total. The highest BCUT2D eigenvalue weighted by molar-refractivity contribution is 5.42. The van der Waals surface area contributed by atoms with Crippen molar-refractivity contribution in [3.63, 3.8) is 0 Å². The molecule has 1 aromatic heterocycles. The third-order valence-electron chi connectivity index (χ3n) is 4.01. The minimum absolute atomic E-state index is 0.685. The van der Waals surface area contributed by atoms with Crippen LogP contribution in [0, 0.1) is 0 Å². The molecule has 19 heavy (non-hydrogen) atoms. The highest BCUT2D eigenvalue weighted by Crippen LogP contribution is 2.21. The van der Waals surface area contributed by atoms with E-state index in [-0.39, 0.29) is 0 Å². The second-order valence-corrected chi connectivity index (χ2v) is 5.16. The molecule has 0 amide bonds. The van der Waals surface area contributed by atoms with Gasteiger partial charge in [-0.3, -0.25) is 4.90 Å². The summed E-state index contributed by atoms with van der Waals surface area (Å²) in [6.45, 7) is 9.91. The van der Waals surface area contributed by atoms with Gasteiger partial charge in [-0.25, -0.2) is 4.98 Å². The van der Waals surface area contributed by atoms with Crippen LogP contribution in [-0.4, -0.2) is 49.2 Å². The molecule has 0 bridgehead atoms. The van der Waals surface area contributed by atoms with E-state index in [9.17, 15) is 0 Å². The van der Waals surface area contributed by atoms with Crippen molar-refractivity contribution in [3.8, 4) is 0 Å². The summed E-state index contributed by atoms with van der Waals surface area (Å²) in [6.07, 6.45) is 3.17. The highest BCUT2D eigenvalue weighted by atomic mass is 15.3. The monoisotopic (exact) mass is 262 g/mol. The van der Waals surface area contributed by atoms with Gasteiger partial charge in [-0.15, -0.1) is 0 Å². The van der Waals surface area contributed by atoms with Crippen molar-refractivity contribution in [1.82, 2.24) is 15.2 Å². The van der Waals surface area contributed by atoms with Crippen LogP contribution in [0.2, 0.25) is 0 Å². The number of nitrogens with zero attached hydrogens (tertiary/aromatic N) is 3. The van der Waals surface area contributed by atoms with Gasteiger partial charge in [0.2, 0.25) is 0 Å². The Morgan fingerprint density at radius 3 is 2.89 bits per heavy atom. The normalized spacial score (nSPS) is 19.4. The largest absolute Gasteiger partial charge is 0.355 e. The zero-order valence-corrected chi connectivity index (χ0v) is 12.4. The third kappa shape index (κ3) is 3.45. The first-order valence-electron chi connectivity index (χ1n) is 7.37. The topological polar surface area (TPSA) is 31.4 Å². The second-order valence-electron chi connectivity index (χ2n) is 5.16. The second kappa shape index (κ2) is 6.87. The lowest BCUT2D eigenvalue weighted by atomic mass is 10.2. The number of nitrogens with one attached hydrogen (secondary N) is 1. The van der Waals surface area contributed by atoms with Crippen LogP contribution in [-0.2, 0) is 6.54 Å². The van der Waals surface area contributed by atoms with Crippen LogP contribution in [0.25, 0.3) is 0 Å². The Kier molecular flexibility index (Phi) is 5.16. The summed E-state index contributed by atoms with van der Waals surface area (Å²) in [5.74, 6) is 1.13. The first-order valence-corrected chi connectivity index (χ1v) is 7.37. The Hall–Kier alpha value is -1.13. The van der Waals surface area contributed by atoms with Gasteiger partial charge in [-0.2, -0.15) is 0 Å². The SMILES string of the molecule is CCN(CC)C1CCN(c2cc(CNC)ccn2)C1. The minimum atomic E-state index is 0.685. The summed E-state index contributed by atoms with van der Waals surface area (Å²) in [5, 5.41) is 3.19. The van der Waals surface area contributed by atoms with Crippen molar-refractivity contribution >= 4 is 5.82 Å². The zero-order valence-electron chi connectivity index (χ0n) is 12.4. The van der Waals surface area contributed by atoms with Gasteiger partial charge in [0.1, 0.15) is 5.82 Å². The lowest BCUT2D eigenvalue weighted by molar-refractivity contribution is 0.232. The van der Waals surface area contributed by atoms with Crippen molar-refractivity contribution in [2.24, 2.45) is 0 Å². The van der Waals surface area contributed by atoms with Gasteiger partial charge in [0.15, 0.2) is 0 Å². The van der Waals surface area contributed by atoms with Crippen molar-refractivity contribution in [2.75, 3.05) is 38.1 Å². The van der Waals surface area contributed by atoms with Crippen LogP contribution in [0.15, 0.2) is 18.3 Å². The van der Waals surface area contributed by atoms with Crippen LogP contribution >= 0.6 is 0 Å². The molecular weight excluding hydrogens is 236 g/mol. The average molecular weight is 262 g/mol. The highest BCUT2D eigenvalue weighted by Gasteiger charge is 2.26. The number of pyridine rings is 1. The van der Waals surface area contributed by atoms with Crippen LogP contribution in [0.4, 0.5) is 5.82 Å². The van der Waals surface area contributed by atoms with Crippen molar-refractivity contribution in [3.05, 3.63) is 23.9 Å². The Morgan fingerprint density at radius 1 is 1.42 bits per heavy atom. The molecule has 1 aliphatic heterocycles. The number of likely N-dealkylation sites (N-methyl/N-ethyl adjacent to an activating group) is 1. The summed E-state index contributed by atoms with van der Waals surface area (Å²) in [4.78, 5) is 9.50. The quantitative estimate of drug-likeness (QED) is 0.846.